The lowest BCUT2D eigenvalue weighted by Crippen LogP contribution is -2.29. The van der Waals surface area contributed by atoms with Crippen LogP contribution in [0.5, 0.6) is 0 Å². The van der Waals surface area contributed by atoms with Crippen molar-refractivity contribution in [3.8, 4) is 0 Å². The van der Waals surface area contributed by atoms with E-state index in [1.165, 1.54) is 83.5 Å². The van der Waals surface area contributed by atoms with Crippen LogP contribution in [0.3, 0.4) is 0 Å². The highest BCUT2D eigenvalue weighted by atomic mass is 16.3. The summed E-state index contributed by atoms with van der Waals surface area (Å²) in [5.74, 6) is 1.39. The van der Waals surface area contributed by atoms with E-state index in [9.17, 15) is 5.11 Å². The second kappa shape index (κ2) is 14.9. The van der Waals surface area contributed by atoms with E-state index < -0.39 is 0 Å². The predicted octanol–water partition coefficient (Wildman–Crippen LogP) is 8.78. The second-order valence-electron chi connectivity index (χ2n) is 11.2. The van der Waals surface area contributed by atoms with Crippen LogP contribution in [0.25, 0.3) is 0 Å². The zero-order valence-corrected chi connectivity index (χ0v) is 20.2. The van der Waals surface area contributed by atoms with E-state index >= 15 is 0 Å². The molecule has 1 nitrogen and oxygen atoms in total. The quantitative estimate of drug-likeness (QED) is 0.264. The first kappa shape index (κ1) is 27.0. The fourth-order valence-corrected chi connectivity index (χ4v) is 4.36. The van der Waals surface area contributed by atoms with E-state index in [0.29, 0.717) is 23.4 Å². The first-order valence-electron chi connectivity index (χ1n) is 12.2. The van der Waals surface area contributed by atoms with Crippen molar-refractivity contribution in [2.24, 2.45) is 22.7 Å². The zero-order chi connectivity index (χ0) is 20.8. The van der Waals surface area contributed by atoms with Gasteiger partial charge in [-0.05, 0) is 41.9 Å². The van der Waals surface area contributed by atoms with Crippen LogP contribution in [0.2, 0.25) is 0 Å². The van der Waals surface area contributed by atoms with E-state index in [0.717, 1.165) is 12.3 Å². The average molecular weight is 383 g/mol. The van der Waals surface area contributed by atoms with E-state index in [1.807, 2.05) is 0 Å². The minimum atomic E-state index is 0.295. The fourth-order valence-electron chi connectivity index (χ4n) is 4.36. The highest BCUT2D eigenvalue weighted by molar-refractivity contribution is 4.82. The normalized spacial score (nSPS) is 15.1. The third kappa shape index (κ3) is 14.6. The van der Waals surface area contributed by atoms with Crippen LogP contribution in [-0.2, 0) is 0 Å². The number of hydrogen-bond donors (Lipinski definition) is 1. The standard InChI is InChI=1S/C26H54O/c1-8-9-10-11-12-13-14-15-16-17-18-19-23(25(2,3)4)22-24(20-21-27)26(5,6)7/h23-24,27H,8-22H2,1-7H3. The van der Waals surface area contributed by atoms with Crippen LogP contribution in [0.15, 0.2) is 0 Å². The Bertz CT molecular complexity index is 320. The smallest absolute Gasteiger partial charge is 0.0433 e. The number of rotatable bonds is 16. The van der Waals surface area contributed by atoms with Gasteiger partial charge in [0.25, 0.3) is 0 Å². The molecule has 0 aromatic rings. The molecule has 0 amide bonds. The molecule has 0 aliphatic rings. The largest absolute Gasteiger partial charge is 0.396 e. The number of aliphatic hydroxyl groups is 1. The molecule has 164 valence electrons. The van der Waals surface area contributed by atoms with E-state index in [2.05, 4.69) is 48.5 Å². The Morgan fingerprint density at radius 3 is 1.30 bits per heavy atom. The molecule has 0 aliphatic carbocycles. The Morgan fingerprint density at radius 2 is 0.926 bits per heavy atom. The summed E-state index contributed by atoms with van der Waals surface area (Å²) in [6.07, 6.45) is 19.2. The van der Waals surface area contributed by atoms with Gasteiger partial charge in [-0.15, -0.1) is 0 Å². The van der Waals surface area contributed by atoms with E-state index in [4.69, 9.17) is 0 Å². The summed E-state index contributed by atoms with van der Waals surface area (Å²) in [7, 11) is 0. The lowest BCUT2D eigenvalue weighted by Gasteiger charge is -2.38. The van der Waals surface area contributed by atoms with Crippen molar-refractivity contribution < 1.29 is 5.11 Å². The molecule has 0 saturated heterocycles. The van der Waals surface area contributed by atoms with Crippen molar-refractivity contribution in [2.75, 3.05) is 6.61 Å². The fraction of sp³-hybridized carbons (Fsp3) is 1.00. The van der Waals surface area contributed by atoms with Crippen molar-refractivity contribution >= 4 is 0 Å². The molecule has 2 unspecified atom stereocenters. The van der Waals surface area contributed by atoms with Crippen molar-refractivity contribution in [2.45, 2.75) is 138 Å². The lowest BCUT2D eigenvalue weighted by atomic mass is 9.67. The molecule has 0 heterocycles. The Morgan fingerprint density at radius 1 is 0.556 bits per heavy atom. The number of aliphatic hydroxyl groups excluding tert-OH is 1. The van der Waals surface area contributed by atoms with E-state index in [1.54, 1.807) is 0 Å². The molecule has 0 spiro atoms. The van der Waals surface area contributed by atoms with Gasteiger partial charge in [-0.2, -0.15) is 0 Å². The summed E-state index contributed by atoms with van der Waals surface area (Å²) in [6, 6.07) is 0. The molecular formula is C26H54O. The highest BCUT2D eigenvalue weighted by Gasteiger charge is 2.32. The third-order valence-corrected chi connectivity index (χ3v) is 6.65. The monoisotopic (exact) mass is 382 g/mol. The Kier molecular flexibility index (Phi) is 14.9. The number of unbranched alkanes of at least 4 members (excludes halogenated alkanes) is 10. The molecule has 0 aromatic carbocycles. The SMILES string of the molecule is CCCCCCCCCCCCCC(CC(CCO)C(C)(C)C)C(C)(C)C. The lowest BCUT2D eigenvalue weighted by molar-refractivity contribution is 0.101. The van der Waals surface area contributed by atoms with Crippen molar-refractivity contribution in [3.63, 3.8) is 0 Å². The van der Waals surface area contributed by atoms with Crippen LogP contribution in [-0.4, -0.2) is 11.7 Å². The minimum Gasteiger partial charge on any atom is -0.396 e. The average Bonchev–Trinajstić information content (AvgIpc) is 2.55. The molecule has 1 N–H and O–H groups in total. The molecule has 0 rings (SSSR count). The van der Waals surface area contributed by atoms with Gasteiger partial charge in [-0.25, -0.2) is 0 Å². The summed E-state index contributed by atoms with van der Waals surface area (Å²) in [6.45, 7) is 16.9. The zero-order valence-electron chi connectivity index (χ0n) is 20.2. The van der Waals surface area contributed by atoms with Gasteiger partial charge in [-0.3, -0.25) is 0 Å². The van der Waals surface area contributed by atoms with Crippen molar-refractivity contribution in [1.29, 1.82) is 0 Å². The maximum Gasteiger partial charge on any atom is 0.0433 e. The first-order valence-corrected chi connectivity index (χ1v) is 12.2. The molecular weight excluding hydrogens is 328 g/mol. The van der Waals surface area contributed by atoms with Crippen molar-refractivity contribution in [1.82, 2.24) is 0 Å². The summed E-state index contributed by atoms with van der Waals surface area (Å²) >= 11 is 0. The van der Waals surface area contributed by atoms with Gasteiger partial charge in [0, 0.05) is 6.61 Å². The molecule has 0 aromatic heterocycles. The molecule has 0 bridgehead atoms. The summed E-state index contributed by atoms with van der Waals surface area (Å²) in [4.78, 5) is 0. The Labute approximate surface area is 173 Å². The maximum atomic E-state index is 9.49. The molecule has 27 heavy (non-hydrogen) atoms. The molecule has 0 radical (unpaired) electrons. The molecule has 2 atom stereocenters. The second-order valence-corrected chi connectivity index (χ2v) is 11.2. The summed E-state index contributed by atoms with van der Waals surface area (Å²) in [5.41, 5.74) is 0.667. The molecule has 0 saturated carbocycles. The minimum absolute atomic E-state index is 0.295. The topological polar surface area (TPSA) is 20.2 Å². The van der Waals surface area contributed by atoms with Crippen LogP contribution >= 0.6 is 0 Å². The molecule has 1 heteroatoms. The van der Waals surface area contributed by atoms with Gasteiger partial charge in [0.1, 0.15) is 0 Å². The van der Waals surface area contributed by atoms with Crippen LogP contribution in [0, 0.1) is 22.7 Å². The van der Waals surface area contributed by atoms with Gasteiger partial charge in [0.05, 0.1) is 0 Å². The first-order chi connectivity index (χ1) is 12.6. The van der Waals surface area contributed by atoms with Gasteiger partial charge in [0.2, 0.25) is 0 Å². The predicted molar refractivity (Wildman–Crippen MR) is 123 cm³/mol. The summed E-state index contributed by atoms with van der Waals surface area (Å²) in [5, 5.41) is 9.49. The highest BCUT2D eigenvalue weighted by Crippen LogP contribution is 2.41. The van der Waals surface area contributed by atoms with Crippen LogP contribution in [0.4, 0.5) is 0 Å². The molecule has 0 aliphatic heterocycles. The Balaban J connectivity index is 4.06. The summed E-state index contributed by atoms with van der Waals surface area (Å²) < 4.78 is 0. The van der Waals surface area contributed by atoms with Gasteiger partial charge in [-0.1, -0.05) is 119 Å². The van der Waals surface area contributed by atoms with Crippen LogP contribution < -0.4 is 0 Å². The molecule has 0 fully saturated rings. The van der Waals surface area contributed by atoms with Gasteiger partial charge < -0.3 is 5.11 Å². The van der Waals surface area contributed by atoms with Gasteiger partial charge >= 0.3 is 0 Å². The van der Waals surface area contributed by atoms with Gasteiger partial charge in [0.15, 0.2) is 0 Å². The Hall–Kier alpha value is -0.0400. The third-order valence-electron chi connectivity index (χ3n) is 6.65. The number of hydrogen-bond acceptors (Lipinski definition) is 1. The maximum absolute atomic E-state index is 9.49. The van der Waals surface area contributed by atoms with E-state index in [-0.39, 0.29) is 0 Å². The van der Waals surface area contributed by atoms with Crippen molar-refractivity contribution in [3.05, 3.63) is 0 Å². The van der Waals surface area contributed by atoms with Crippen LogP contribution in [0.1, 0.15) is 138 Å².